The molecule has 1 aromatic carbocycles. The number of benzene rings is 1. The van der Waals surface area contributed by atoms with Crippen molar-refractivity contribution in [1.29, 1.82) is 0 Å². The minimum Gasteiger partial charge on any atom is -0.490 e. The van der Waals surface area contributed by atoms with E-state index in [2.05, 4.69) is 0 Å². The summed E-state index contributed by atoms with van der Waals surface area (Å²) in [6, 6.07) is 3.24. The lowest BCUT2D eigenvalue weighted by Gasteiger charge is -2.31. The van der Waals surface area contributed by atoms with Gasteiger partial charge in [0.15, 0.2) is 5.78 Å². The number of allylic oxidation sites excluding steroid dienone is 1. The van der Waals surface area contributed by atoms with Gasteiger partial charge in [0.1, 0.15) is 17.2 Å². The van der Waals surface area contributed by atoms with Crippen LogP contribution in [-0.2, 0) is 15.1 Å². The molecule has 0 saturated heterocycles. The minimum absolute atomic E-state index is 0.0477. The van der Waals surface area contributed by atoms with Crippen molar-refractivity contribution >= 4 is 5.78 Å². The average molecular weight is 224 g/mol. The monoisotopic (exact) mass is 224 g/mol. The summed E-state index contributed by atoms with van der Waals surface area (Å²) in [5.74, 6) is -1.49. The highest BCUT2D eigenvalue weighted by Gasteiger charge is 2.35. The summed E-state index contributed by atoms with van der Waals surface area (Å²) in [6.07, 6.45) is 2.59. The van der Waals surface area contributed by atoms with E-state index in [4.69, 9.17) is 4.74 Å². The maximum absolute atomic E-state index is 13.6. The molecule has 16 heavy (non-hydrogen) atoms. The molecular weight excluding hydrogens is 214 g/mol. The quantitative estimate of drug-likeness (QED) is 0.733. The maximum atomic E-state index is 13.6. The molecule has 0 aliphatic carbocycles. The lowest BCUT2D eigenvalue weighted by Crippen LogP contribution is -2.30. The largest absolute Gasteiger partial charge is 0.490 e. The van der Waals surface area contributed by atoms with E-state index in [1.54, 1.807) is 6.92 Å². The molecule has 0 amide bonds. The van der Waals surface area contributed by atoms with E-state index in [1.165, 1.54) is 18.4 Å². The van der Waals surface area contributed by atoms with Gasteiger partial charge in [0, 0.05) is 17.7 Å². The van der Waals surface area contributed by atoms with Crippen molar-refractivity contribution in [3.63, 3.8) is 0 Å². The van der Waals surface area contributed by atoms with Gasteiger partial charge in [-0.15, -0.1) is 0 Å². The van der Waals surface area contributed by atoms with Crippen LogP contribution in [0.4, 0.5) is 8.78 Å². The minimum atomic E-state index is -1.05. The van der Waals surface area contributed by atoms with Crippen LogP contribution in [0.1, 0.15) is 18.9 Å². The Hall–Kier alpha value is -1.71. The smallest absolute Gasteiger partial charge is 0.163 e. The molecular formula is C12H10F2O2. The molecule has 2 nitrogen and oxygen atoms in total. The van der Waals surface area contributed by atoms with Gasteiger partial charge in [0.25, 0.3) is 0 Å². The Kier molecular flexibility index (Phi) is 2.50. The third kappa shape index (κ3) is 1.83. The van der Waals surface area contributed by atoms with E-state index in [1.807, 2.05) is 0 Å². The van der Waals surface area contributed by atoms with Crippen molar-refractivity contribution in [2.45, 2.75) is 18.9 Å². The zero-order chi connectivity index (χ0) is 11.8. The van der Waals surface area contributed by atoms with E-state index in [9.17, 15) is 13.6 Å². The fourth-order valence-electron chi connectivity index (χ4n) is 1.77. The number of carbonyl (C=O) groups is 1. The molecule has 0 fully saturated rings. The Labute approximate surface area is 91.5 Å². The Bertz CT molecular complexity index is 468. The highest BCUT2D eigenvalue weighted by atomic mass is 19.1. The van der Waals surface area contributed by atoms with Crippen LogP contribution >= 0.6 is 0 Å². The SMILES string of the molecule is CC1(c2ccc(F)cc2F)CC(=O)C=CO1. The normalized spacial score (nSPS) is 24.3. The standard InChI is InChI=1S/C12H10F2O2/c1-12(7-9(15)4-5-16-12)10-3-2-8(13)6-11(10)14/h2-6H,7H2,1H3. The molecule has 4 heteroatoms. The number of hydrogen-bond donors (Lipinski definition) is 0. The van der Waals surface area contributed by atoms with Crippen LogP contribution < -0.4 is 0 Å². The third-order valence-corrected chi connectivity index (χ3v) is 2.59. The molecule has 2 rings (SSSR count). The Morgan fingerprint density at radius 1 is 1.38 bits per heavy atom. The second-order valence-corrected chi connectivity index (χ2v) is 3.92. The number of ketones is 1. The lowest BCUT2D eigenvalue weighted by molar-refractivity contribution is -0.122. The van der Waals surface area contributed by atoms with Gasteiger partial charge < -0.3 is 4.74 Å². The third-order valence-electron chi connectivity index (χ3n) is 2.59. The highest BCUT2D eigenvalue weighted by Crippen LogP contribution is 2.34. The van der Waals surface area contributed by atoms with Gasteiger partial charge in [-0.1, -0.05) is 0 Å². The zero-order valence-electron chi connectivity index (χ0n) is 8.67. The van der Waals surface area contributed by atoms with Gasteiger partial charge in [-0.05, 0) is 19.1 Å². The van der Waals surface area contributed by atoms with Crippen LogP contribution in [0.3, 0.4) is 0 Å². The molecule has 1 atom stereocenters. The van der Waals surface area contributed by atoms with Gasteiger partial charge >= 0.3 is 0 Å². The van der Waals surface area contributed by atoms with Crippen molar-refractivity contribution in [2.24, 2.45) is 0 Å². The number of carbonyl (C=O) groups excluding carboxylic acids is 1. The molecule has 0 radical (unpaired) electrons. The summed E-state index contributed by atoms with van der Waals surface area (Å²) in [5.41, 5.74) is -0.865. The molecule has 0 N–H and O–H groups in total. The molecule has 1 unspecified atom stereocenters. The number of ether oxygens (including phenoxy) is 1. The van der Waals surface area contributed by atoms with Crippen LogP contribution in [0, 0.1) is 11.6 Å². The molecule has 84 valence electrons. The predicted molar refractivity (Wildman–Crippen MR) is 53.6 cm³/mol. The molecule has 0 aromatic heterocycles. The first kappa shape index (κ1) is 10.8. The van der Waals surface area contributed by atoms with E-state index < -0.39 is 17.2 Å². The number of hydrogen-bond acceptors (Lipinski definition) is 2. The van der Waals surface area contributed by atoms with Crippen LogP contribution in [0.2, 0.25) is 0 Å². The first-order valence-corrected chi connectivity index (χ1v) is 4.84. The Morgan fingerprint density at radius 2 is 2.12 bits per heavy atom. The van der Waals surface area contributed by atoms with Crippen molar-refractivity contribution in [3.8, 4) is 0 Å². The van der Waals surface area contributed by atoms with Crippen LogP contribution in [0.25, 0.3) is 0 Å². The predicted octanol–water partition coefficient (Wildman–Crippen LogP) is 2.68. The maximum Gasteiger partial charge on any atom is 0.163 e. The summed E-state index contributed by atoms with van der Waals surface area (Å²) in [7, 11) is 0. The Morgan fingerprint density at radius 3 is 2.75 bits per heavy atom. The number of halogens is 2. The molecule has 0 saturated carbocycles. The van der Waals surface area contributed by atoms with Gasteiger partial charge in [0.2, 0.25) is 0 Å². The first-order valence-electron chi connectivity index (χ1n) is 4.84. The molecule has 1 aliphatic rings. The molecule has 1 aromatic rings. The number of rotatable bonds is 1. The van der Waals surface area contributed by atoms with Crippen molar-refractivity contribution in [3.05, 3.63) is 47.7 Å². The van der Waals surface area contributed by atoms with Crippen LogP contribution in [0.15, 0.2) is 30.5 Å². The van der Waals surface area contributed by atoms with Crippen LogP contribution in [0.5, 0.6) is 0 Å². The fraction of sp³-hybridized carbons (Fsp3) is 0.250. The van der Waals surface area contributed by atoms with E-state index in [0.29, 0.717) is 0 Å². The second-order valence-electron chi connectivity index (χ2n) is 3.92. The fourth-order valence-corrected chi connectivity index (χ4v) is 1.77. The first-order chi connectivity index (χ1) is 7.51. The summed E-state index contributed by atoms with van der Waals surface area (Å²) < 4.78 is 31.6. The van der Waals surface area contributed by atoms with E-state index in [-0.39, 0.29) is 17.8 Å². The van der Waals surface area contributed by atoms with E-state index >= 15 is 0 Å². The topological polar surface area (TPSA) is 26.3 Å². The van der Waals surface area contributed by atoms with Crippen LogP contribution in [-0.4, -0.2) is 5.78 Å². The second kappa shape index (κ2) is 3.70. The highest BCUT2D eigenvalue weighted by molar-refractivity contribution is 5.91. The molecule has 0 spiro atoms. The zero-order valence-corrected chi connectivity index (χ0v) is 8.67. The summed E-state index contributed by atoms with van der Waals surface area (Å²) in [5, 5.41) is 0. The van der Waals surface area contributed by atoms with Crippen molar-refractivity contribution in [1.82, 2.24) is 0 Å². The van der Waals surface area contributed by atoms with Gasteiger partial charge in [0.05, 0.1) is 12.7 Å². The lowest BCUT2D eigenvalue weighted by atomic mass is 9.88. The van der Waals surface area contributed by atoms with Gasteiger partial charge in [-0.3, -0.25) is 4.79 Å². The summed E-state index contributed by atoms with van der Waals surface area (Å²) in [6.45, 7) is 1.60. The summed E-state index contributed by atoms with van der Waals surface area (Å²) >= 11 is 0. The van der Waals surface area contributed by atoms with Crippen molar-refractivity contribution in [2.75, 3.05) is 0 Å². The Balaban J connectivity index is 2.43. The summed E-state index contributed by atoms with van der Waals surface area (Å²) in [4.78, 5) is 11.3. The van der Waals surface area contributed by atoms with Crippen molar-refractivity contribution < 1.29 is 18.3 Å². The average Bonchev–Trinajstić information content (AvgIpc) is 2.16. The molecule has 1 aliphatic heterocycles. The molecule has 0 bridgehead atoms. The van der Waals surface area contributed by atoms with Gasteiger partial charge in [-0.25, -0.2) is 8.78 Å². The molecule has 1 heterocycles. The van der Waals surface area contributed by atoms with Gasteiger partial charge in [-0.2, -0.15) is 0 Å². The van der Waals surface area contributed by atoms with E-state index in [0.717, 1.165) is 12.1 Å².